The van der Waals surface area contributed by atoms with Crippen LogP contribution in [0, 0.1) is 0 Å². The van der Waals surface area contributed by atoms with Crippen LogP contribution in [0.4, 0.5) is 0 Å². The summed E-state index contributed by atoms with van der Waals surface area (Å²) in [5.41, 5.74) is 4.59. The van der Waals surface area contributed by atoms with Gasteiger partial charge in [0.25, 0.3) is 0 Å². The molecular weight excluding hydrogens is 170 g/mol. The Morgan fingerprint density at radius 2 is 2.14 bits per heavy atom. The van der Waals surface area contributed by atoms with E-state index in [0.717, 1.165) is 23.4 Å². The highest BCUT2D eigenvalue weighted by molar-refractivity contribution is 6.03. The lowest BCUT2D eigenvalue weighted by molar-refractivity contribution is 1.28. The van der Waals surface area contributed by atoms with Crippen molar-refractivity contribution in [3.8, 4) is 0 Å². The summed E-state index contributed by atoms with van der Waals surface area (Å²) >= 11 is 0. The van der Waals surface area contributed by atoms with E-state index in [4.69, 9.17) is 0 Å². The first-order valence-electron chi connectivity index (χ1n) is 4.87. The molecular formula is C13H17N. The van der Waals surface area contributed by atoms with E-state index in [-0.39, 0.29) is 0 Å². The van der Waals surface area contributed by atoms with E-state index in [1.807, 2.05) is 32.9 Å². The van der Waals surface area contributed by atoms with Crippen molar-refractivity contribution in [2.75, 3.05) is 0 Å². The fraction of sp³-hybridized carbons (Fsp3) is 0.308. The molecule has 74 valence electrons. The van der Waals surface area contributed by atoms with Gasteiger partial charge in [-0.2, -0.15) is 0 Å². The molecule has 0 aromatic rings. The maximum atomic E-state index is 4.47. The van der Waals surface area contributed by atoms with Crippen LogP contribution in [0.1, 0.15) is 27.2 Å². The van der Waals surface area contributed by atoms with Crippen molar-refractivity contribution in [2.45, 2.75) is 27.2 Å². The number of rotatable bonds is 3. The minimum absolute atomic E-state index is 0.926. The average molecular weight is 187 g/mol. The second-order valence-electron chi connectivity index (χ2n) is 3.51. The van der Waals surface area contributed by atoms with Crippen LogP contribution in [0.3, 0.4) is 0 Å². The average Bonchev–Trinajstić information content (AvgIpc) is 2.49. The third kappa shape index (κ3) is 2.56. The Morgan fingerprint density at radius 1 is 1.43 bits per heavy atom. The van der Waals surface area contributed by atoms with E-state index in [1.165, 1.54) is 5.57 Å². The number of aliphatic imine (C=N–C) groups is 1. The maximum Gasteiger partial charge on any atom is 0.0474 e. The van der Waals surface area contributed by atoms with Gasteiger partial charge in [0.2, 0.25) is 0 Å². The smallest absolute Gasteiger partial charge is 0.0474 e. The van der Waals surface area contributed by atoms with Gasteiger partial charge in [0.1, 0.15) is 0 Å². The van der Waals surface area contributed by atoms with Crippen LogP contribution in [0.25, 0.3) is 0 Å². The Kier molecular flexibility index (Phi) is 3.63. The monoisotopic (exact) mass is 187 g/mol. The molecule has 0 bridgehead atoms. The molecule has 0 fully saturated rings. The molecule has 1 nitrogen and oxygen atoms in total. The molecule has 0 amide bonds. The van der Waals surface area contributed by atoms with Crippen LogP contribution < -0.4 is 0 Å². The summed E-state index contributed by atoms with van der Waals surface area (Å²) in [6, 6.07) is 0. The zero-order chi connectivity index (χ0) is 10.6. The van der Waals surface area contributed by atoms with Gasteiger partial charge in [-0.3, -0.25) is 4.99 Å². The predicted octanol–water partition coefficient (Wildman–Crippen LogP) is 3.81. The Hall–Kier alpha value is -1.37. The number of nitrogens with zero attached hydrogens (tertiary/aromatic N) is 1. The molecule has 1 rings (SSSR count). The lowest BCUT2D eigenvalue weighted by Gasteiger charge is -1.96. The van der Waals surface area contributed by atoms with Gasteiger partial charge in [0, 0.05) is 17.8 Å². The van der Waals surface area contributed by atoms with Crippen molar-refractivity contribution in [1.82, 2.24) is 0 Å². The first kappa shape index (κ1) is 10.7. The van der Waals surface area contributed by atoms with Crippen LogP contribution >= 0.6 is 0 Å². The normalized spacial score (nSPS) is 17.2. The van der Waals surface area contributed by atoms with E-state index in [9.17, 15) is 0 Å². The Labute approximate surface area is 86.2 Å². The summed E-state index contributed by atoms with van der Waals surface area (Å²) in [7, 11) is 0. The molecule has 0 atom stereocenters. The van der Waals surface area contributed by atoms with Crippen molar-refractivity contribution >= 4 is 5.71 Å². The summed E-state index contributed by atoms with van der Waals surface area (Å²) in [5.74, 6) is 0. The lowest BCUT2D eigenvalue weighted by Crippen LogP contribution is -1.94. The van der Waals surface area contributed by atoms with Crippen LogP contribution in [0.15, 0.2) is 52.7 Å². The first-order valence-corrected chi connectivity index (χ1v) is 4.87. The van der Waals surface area contributed by atoms with Crippen LogP contribution in [0.5, 0.6) is 0 Å². The third-order valence-corrected chi connectivity index (χ3v) is 2.22. The van der Waals surface area contributed by atoms with Gasteiger partial charge in [-0.1, -0.05) is 30.9 Å². The number of allylic oxidation sites excluding steroid dienone is 7. The summed E-state index contributed by atoms with van der Waals surface area (Å²) in [5, 5.41) is 0. The SMILES string of the molecule is C=C(C)C1=NC(C)=C(/C=C\C=C/C)C1. The van der Waals surface area contributed by atoms with Crippen molar-refractivity contribution in [3.05, 3.63) is 47.7 Å². The zero-order valence-corrected chi connectivity index (χ0v) is 9.17. The van der Waals surface area contributed by atoms with E-state index in [1.54, 1.807) is 0 Å². The van der Waals surface area contributed by atoms with Gasteiger partial charge < -0.3 is 0 Å². The minimum Gasteiger partial charge on any atom is -0.257 e. The Morgan fingerprint density at radius 3 is 2.64 bits per heavy atom. The van der Waals surface area contributed by atoms with Crippen molar-refractivity contribution in [2.24, 2.45) is 4.99 Å². The fourth-order valence-corrected chi connectivity index (χ4v) is 1.33. The molecule has 0 N–H and O–H groups in total. The third-order valence-electron chi connectivity index (χ3n) is 2.22. The van der Waals surface area contributed by atoms with Crippen LogP contribution in [-0.4, -0.2) is 5.71 Å². The van der Waals surface area contributed by atoms with Gasteiger partial charge >= 0.3 is 0 Å². The molecule has 1 heteroatoms. The Balaban J connectivity index is 2.70. The predicted molar refractivity (Wildman–Crippen MR) is 63.5 cm³/mol. The van der Waals surface area contributed by atoms with Crippen molar-refractivity contribution in [1.29, 1.82) is 0 Å². The van der Waals surface area contributed by atoms with E-state index >= 15 is 0 Å². The summed E-state index contributed by atoms with van der Waals surface area (Å²) in [4.78, 5) is 4.47. The summed E-state index contributed by atoms with van der Waals surface area (Å²) in [6.07, 6.45) is 9.14. The quantitative estimate of drug-likeness (QED) is 0.596. The van der Waals surface area contributed by atoms with Gasteiger partial charge in [0.05, 0.1) is 0 Å². The maximum absolute atomic E-state index is 4.47. The topological polar surface area (TPSA) is 12.4 Å². The summed E-state index contributed by atoms with van der Waals surface area (Å²) in [6.45, 7) is 9.97. The standard InChI is InChI=1S/C13H17N/c1-5-6-7-8-12-9-13(10(2)3)14-11(12)4/h5-8H,2,9H2,1,3-4H3/b6-5-,8-7-. The van der Waals surface area contributed by atoms with Crippen molar-refractivity contribution < 1.29 is 0 Å². The minimum atomic E-state index is 0.926. The Bertz CT molecular complexity index is 351. The molecule has 0 saturated heterocycles. The molecule has 0 spiro atoms. The molecule has 14 heavy (non-hydrogen) atoms. The molecule has 0 unspecified atom stereocenters. The van der Waals surface area contributed by atoms with Gasteiger partial charge in [0.15, 0.2) is 0 Å². The molecule has 1 aliphatic heterocycles. The number of hydrogen-bond donors (Lipinski definition) is 0. The number of hydrogen-bond acceptors (Lipinski definition) is 1. The van der Waals surface area contributed by atoms with E-state index in [2.05, 4.69) is 23.7 Å². The molecule has 1 heterocycles. The lowest BCUT2D eigenvalue weighted by atomic mass is 10.1. The highest BCUT2D eigenvalue weighted by Gasteiger charge is 2.12. The fourth-order valence-electron chi connectivity index (χ4n) is 1.33. The first-order chi connectivity index (χ1) is 6.65. The second kappa shape index (κ2) is 4.75. The molecule has 0 radical (unpaired) electrons. The highest BCUT2D eigenvalue weighted by Crippen LogP contribution is 2.23. The zero-order valence-electron chi connectivity index (χ0n) is 9.17. The molecule has 0 aromatic carbocycles. The van der Waals surface area contributed by atoms with E-state index < -0.39 is 0 Å². The van der Waals surface area contributed by atoms with Crippen molar-refractivity contribution in [3.63, 3.8) is 0 Å². The molecule has 0 saturated carbocycles. The molecule has 1 aliphatic rings. The second-order valence-corrected chi connectivity index (χ2v) is 3.51. The van der Waals surface area contributed by atoms with Crippen LogP contribution in [-0.2, 0) is 0 Å². The largest absolute Gasteiger partial charge is 0.257 e. The van der Waals surface area contributed by atoms with E-state index in [0.29, 0.717) is 0 Å². The van der Waals surface area contributed by atoms with Gasteiger partial charge in [-0.25, -0.2) is 0 Å². The molecule has 0 aliphatic carbocycles. The molecule has 0 aromatic heterocycles. The summed E-state index contributed by atoms with van der Waals surface area (Å²) < 4.78 is 0. The van der Waals surface area contributed by atoms with Crippen LogP contribution in [0.2, 0.25) is 0 Å². The van der Waals surface area contributed by atoms with Gasteiger partial charge in [-0.15, -0.1) is 0 Å². The highest BCUT2D eigenvalue weighted by atomic mass is 14.8. The van der Waals surface area contributed by atoms with Gasteiger partial charge in [-0.05, 0) is 31.9 Å².